The molecule has 3 atom stereocenters. The third-order valence-electron chi connectivity index (χ3n) is 12.0. The summed E-state index contributed by atoms with van der Waals surface area (Å²) in [5, 5.41) is 10.1. The van der Waals surface area contributed by atoms with E-state index in [-0.39, 0.29) is 57.1 Å². The minimum absolute atomic E-state index is 0.00374. The van der Waals surface area contributed by atoms with Crippen LogP contribution < -0.4 is 10.0 Å². The fourth-order valence-electron chi connectivity index (χ4n) is 8.52. The van der Waals surface area contributed by atoms with Crippen molar-refractivity contribution >= 4 is 54.1 Å². The molecular weight excluding hydrogens is 896 g/mol. The monoisotopic (exact) mass is 933 g/mol. The summed E-state index contributed by atoms with van der Waals surface area (Å²) in [5.74, 6) is -2.88. The average molecular weight is 934 g/mol. The first-order valence-electron chi connectivity index (χ1n) is 20.0. The van der Waals surface area contributed by atoms with Gasteiger partial charge in [0.2, 0.25) is 15.9 Å². The number of hydrogen-bond donors (Lipinski definition) is 2. The second-order valence-corrected chi connectivity index (χ2v) is 22.2. The molecule has 0 spiro atoms. The molecule has 2 aromatic carbocycles. The number of alkyl halides is 4. The third-order valence-corrected chi connectivity index (χ3v) is 17.0. The molecule has 0 aliphatic heterocycles. The van der Waals surface area contributed by atoms with Crippen LogP contribution >= 0.6 is 11.6 Å². The first-order valence-corrected chi connectivity index (χ1v) is 23.5. The van der Waals surface area contributed by atoms with Gasteiger partial charge in [0.25, 0.3) is 12.3 Å². The van der Waals surface area contributed by atoms with Gasteiger partial charge in [-0.1, -0.05) is 23.6 Å². The molecule has 0 radical (unpaired) electrons. The Morgan fingerprint density at radius 1 is 0.968 bits per heavy atom. The van der Waals surface area contributed by atoms with Crippen LogP contribution in [0, 0.1) is 29.4 Å². The number of benzene rings is 2. The largest absolute Gasteiger partial charge is 0.346 e. The van der Waals surface area contributed by atoms with Crippen LogP contribution in [0.4, 0.5) is 32.2 Å². The van der Waals surface area contributed by atoms with Crippen molar-refractivity contribution in [2.24, 2.45) is 13.0 Å². The van der Waals surface area contributed by atoms with Crippen LogP contribution in [0.3, 0.4) is 0 Å². The maximum atomic E-state index is 15.5. The molecule has 3 saturated carbocycles. The number of halogens is 7. The van der Waals surface area contributed by atoms with E-state index in [1.165, 1.54) is 37.7 Å². The maximum absolute atomic E-state index is 15.5. The van der Waals surface area contributed by atoms with Gasteiger partial charge in [0.1, 0.15) is 40.0 Å². The lowest BCUT2D eigenvalue weighted by Gasteiger charge is -2.23. The number of pyridine rings is 1. The van der Waals surface area contributed by atoms with Crippen molar-refractivity contribution in [2.45, 2.75) is 98.5 Å². The minimum atomic E-state index is -3.83. The van der Waals surface area contributed by atoms with E-state index in [1.807, 2.05) is 0 Å². The third kappa shape index (κ3) is 7.73. The molecule has 12 nitrogen and oxygen atoms in total. The van der Waals surface area contributed by atoms with E-state index < -0.39 is 101 Å². The number of nitrogens with zero attached hydrogens (tertiary/aromatic N) is 5. The van der Waals surface area contributed by atoms with Gasteiger partial charge in [0, 0.05) is 35.7 Å². The van der Waals surface area contributed by atoms with Crippen LogP contribution in [0.25, 0.3) is 22.0 Å². The van der Waals surface area contributed by atoms with Gasteiger partial charge >= 0.3 is 0 Å². The highest BCUT2D eigenvalue weighted by molar-refractivity contribution is 7.94. The number of nitrogens with one attached hydrogen (secondary N) is 2. The zero-order valence-electron chi connectivity index (χ0n) is 33.7. The Kier molecular flexibility index (Phi) is 10.3. The molecule has 5 aromatic rings. The number of anilines is 1. The van der Waals surface area contributed by atoms with Crippen molar-refractivity contribution in [3.8, 4) is 23.0 Å². The lowest BCUT2D eigenvalue weighted by molar-refractivity contribution is -0.123. The smallest absolute Gasteiger partial charge is 0.293 e. The lowest BCUT2D eigenvalue weighted by Crippen LogP contribution is -2.35. The SMILES string of the molecule is Cn1nc(NS(=O)(=O)C2CC2)c2c(Cl)ccc(-c3ccc(C#CC(C)(C)S(=O)(=O)C4CC4)nc3[C@H](Cc3cc(F)cc(F)c3)NC(=O)Cn3nc(C(F)F)c4c3C(F)(F)[C@@H]3C[C@H]43)c21. The van der Waals surface area contributed by atoms with Gasteiger partial charge in [-0.3, -0.25) is 18.9 Å². The standard InChI is InChI=1S/C42H38ClF6N7O5S2/c1-41(2,62(58,59)24-5-6-24)13-12-23-4-9-26(27-10-11-30(43)34-37(27)55(3)53-40(34)54-63(60,61)25-7-8-25)35(50-23)31(16-20-14-21(44)17-22(45)15-20)51-32(57)19-56-38-33(36(52-56)39(46)47)28-18-29(28)42(38,48)49/h4,9-11,14-15,17,24-25,28-29,31,39H,5-8,16,18-19H2,1-3H3,(H,51,57)(H,53,54)/t28-,29+,31-/m0/s1. The van der Waals surface area contributed by atoms with Gasteiger partial charge in [0.05, 0.1) is 38.2 Å². The Labute approximate surface area is 362 Å². The van der Waals surface area contributed by atoms with Gasteiger partial charge in [0.15, 0.2) is 15.7 Å². The normalized spacial score (nSPS) is 19.7. The van der Waals surface area contributed by atoms with Crippen LogP contribution in [0.2, 0.25) is 5.02 Å². The van der Waals surface area contributed by atoms with Crippen molar-refractivity contribution in [1.29, 1.82) is 0 Å². The molecule has 3 fully saturated rings. The molecule has 63 heavy (non-hydrogen) atoms. The second kappa shape index (κ2) is 15.0. The van der Waals surface area contributed by atoms with Crippen molar-refractivity contribution < 1.29 is 48.0 Å². The highest BCUT2D eigenvalue weighted by Crippen LogP contribution is 2.68. The van der Waals surface area contributed by atoms with Crippen LogP contribution in [0.15, 0.2) is 42.5 Å². The van der Waals surface area contributed by atoms with Crippen molar-refractivity contribution in [1.82, 2.24) is 29.9 Å². The van der Waals surface area contributed by atoms with E-state index in [0.29, 0.717) is 47.5 Å². The summed E-state index contributed by atoms with van der Waals surface area (Å²) in [7, 11) is -5.97. The van der Waals surface area contributed by atoms with Crippen LogP contribution in [-0.4, -0.2) is 62.5 Å². The molecule has 2 N–H and O–H groups in total. The number of rotatable bonds is 13. The second-order valence-electron chi connectivity index (χ2n) is 17.1. The fraction of sp³-hybridized carbons (Fsp3) is 0.429. The summed E-state index contributed by atoms with van der Waals surface area (Å²) in [6.45, 7) is 1.98. The maximum Gasteiger partial charge on any atom is 0.293 e. The van der Waals surface area contributed by atoms with Crippen LogP contribution in [0.1, 0.15) is 98.2 Å². The van der Waals surface area contributed by atoms with E-state index >= 15 is 8.78 Å². The molecule has 21 heteroatoms. The minimum Gasteiger partial charge on any atom is -0.346 e. The molecule has 1 amide bonds. The Morgan fingerprint density at radius 3 is 2.29 bits per heavy atom. The number of fused-ring (bicyclic) bond motifs is 4. The van der Waals surface area contributed by atoms with E-state index in [9.17, 15) is 39.2 Å². The van der Waals surface area contributed by atoms with E-state index in [2.05, 4.69) is 32.1 Å². The molecule has 0 unspecified atom stereocenters. The first kappa shape index (κ1) is 43.1. The van der Waals surface area contributed by atoms with Crippen LogP contribution in [0.5, 0.6) is 0 Å². The first-order chi connectivity index (χ1) is 29.6. The number of carbonyl (C=O) groups excluding carboxylic acids is 1. The quantitative estimate of drug-likeness (QED) is 0.0902. The molecule has 0 saturated heterocycles. The van der Waals surface area contributed by atoms with Gasteiger partial charge < -0.3 is 5.32 Å². The predicted octanol–water partition coefficient (Wildman–Crippen LogP) is 7.62. The number of aryl methyl sites for hydroxylation is 1. The number of sulfone groups is 1. The summed E-state index contributed by atoms with van der Waals surface area (Å²) in [6.07, 6.45) is -1.63. The van der Waals surface area contributed by atoms with E-state index in [0.717, 1.165) is 12.1 Å². The zero-order chi connectivity index (χ0) is 45.1. The zero-order valence-corrected chi connectivity index (χ0v) is 36.1. The highest BCUT2D eigenvalue weighted by Gasteiger charge is 2.67. The predicted molar refractivity (Wildman–Crippen MR) is 220 cm³/mol. The Morgan fingerprint density at radius 2 is 1.63 bits per heavy atom. The number of sulfonamides is 1. The molecule has 332 valence electrons. The number of hydrogen-bond acceptors (Lipinski definition) is 8. The molecular formula is C42H38ClF6N7O5S2. The summed E-state index contributed by atoms with van der Waals surface area (Å²) in [5.41, 5.74) is -1.01. The molecule has 9 rings (SSSR count). The van der Waals surface area contributed by atoms with Crippen molar-refractivity contribution in [3.05, 3.63) is 93.0 Å². The van der Waals surface area contributed by atoms with Crippen molar-refractivity contribution in [3.63, 3.8) is 0 Å². The topological polar surface area (TPSA) is 158 Å². The van der Waals surface area contributed by atoms with Crippen molar-refractivity contribution in [2.75, 3.05) is 4.72 Å². The number of carbonyl (C=O) groups is 1. The number of amides is 1. The number of aromatic nitrogens is 5. The van der Waals surface area contributed by atoms with Gasteiger partial charge in [-0.2, -0.15) is 19.0 Å². The average Bonchev–Trinajstić information content (AvgIpc) is 4.08. The molecule has 4 aliphatic carbocycles. The summed E-state index contributed by atoms with van der Waals surface area (Å²) in [6, 6.07) is 7.38. The molecule has 3 aromatic heterocycles. The Hall–Kier alpha value is -5.13. The van der Waals surface area contributed by atoms with Gasteiger partial charge in [-0.25, -0.2) is 39.4 Å². The molecule has 0 bridgehead atoms. The fourth-order valence-corrected chi connectivity index (χ4v) is 11.9. The molecule has 3 heterocycles. The summed E-state index contributed by atoms with van der Waals surface area (Å²) >= 11 is 6.70. The van der Waals surface area contributed by atoms with Crippen LogP contribution in [-0.2, 0) is 50.6 Å². The Bertz CT molecular complexity index is 3030. The van der Waals surface area contributed by atoms with Gasteiger partial charge in [-0.05, 0) is 100 Å². The Balaban J connectivity index is 1.19. The van der Waals surface area contributed by atoms with E-state index in [4.69, 9.17) is 16.6 Å². The summed E-state index contributed by atoms with van der Waals surface area (Å²) < 4.78 is 144. The molecule has 4 aliphatic rings. The lowest BCUT2D eigenvalue weighted by atomic mass is 9.93. The highest BCUT2D eigenvalue weighted by atomic mass is 35.5. The van der Waals surface area contributed by atoms with E-state index in [1.54, 1.807) is 12.1 Å². The summed E-state index contributed by atoms with van der Waals surface area (Å²) in [4.78, 5) is 18.9. The van der Waals surface area contributed by atoms with Gasteiger partial charge in [-0.15, -0.1) is 0 Å².